The summed E-state index contributed by atoms with van der Waals surface area (Å²) < 4.78 is 0. The molecule has 1 N–H and O–H groups in total. The van der Waals surface area contributed by atoms with Crippen molar-refractivity contribution in [3.05, 3.63) is 35.7 Å². The van der Waals surface area contributed by atoms with Crippen LogP contribution in [0.2, 0.25) is 5.02 Å². The second-order valence-corrected chi connectivity index (χ2v) is 4.85. The predicted molar refractivity (Wildman–Crippen MR) is 62.9 cm³/mol. The van der Waals surface area contributed by atoms with E-state index in [1.165, 1.54) is 0 Å². The maximum Gasteiger partial charge on any atom is 0.229 e. The molecule has 0 unspecified atom stereocenters. The number of halogens is 1. The third-order valence-corrected chi connectivity index (χ3v) is 2.25. The molecule has 0 saturated heterocycles. The maximum absolute atomic E-state index is 11.7. The van der Waals surface area contributed by atoms with Crippen LogP contribution in [0.15, 0.2) is 18.2 Å². The van der Waals surface area contributed by atoms with Gasteiger partial charge in [-0.2, -0.15) is 0 Å². The quantitative estimate of drug-likeness (QED) is 0.777. The minimum Gasteiger partial charge on any atom is -0.324 e. The SMILES string of the molecule is [CH]c1ccc(Cl)c(NC(=O)C(C)(C)C)c1. The van der Waals surface area contributed by atoms with Crippen molar-refractivity contribution in [1.29, 1.82) is 0 Å². The summed E-state index contributed by atoms with van der Waals surface area (Å²) in [5.41, 5.74) is 0.675. The van der Waals surface area contributed by atoms with Gasteiger partial charge in [0.25, 0.3) is 0 Å². The number of hydrogen-bond acceptors (Lipinski definition) is 1. The number of hydrogen-bond donors (Lipinski definition) is 1. The van der Waals surface area contributed by atoms with E-state index in [1.54, 1.807) is 18.2 Å². The molecule has 0 aliphatic carbocycles. The summed E-state index contributed by atoms with van der Waals surface area (Å²) >= 11 is 5.92. The molecule has 1 amide bonds. The van der Waals surface area contributed by atoms with Crippen molar-refractivity contribution >= 4 is 23.2 Å². The van der Waals surface area contributed by atoms with Crippen LogP contribution in [-0.2, 0) is 4.79 Å². The third kappa shape index (κ3) is 3.24. The number of amides is 1. The third-order valence-electron chi connectivity index (χ3n) is 1.92. The Kier molecular flexibility index (Phi) is 3.40. The first-order valence-corrected chi connectivity index (χ1v) is 5.05. The van der Waals surface area contributed by atoms with Crippen LogP contribution in [-0.4, -0.2) is 5.91 Å². The van der Waals surface area contributed by atoms with Gasteiger partial charge in [-0.25, -0.2) is 0 Å². The van der Waals surface area contributed by atoms with Crippen LogP contribution in [0.5, 0.6) is 0 Å². The lowest BCUT2D eigenvalue weighted by atomic mass is 9.95. The number of carbonyl (C=O) groups excluding carboxylic acids is 1. The first-order valence-electron chi connectivity index (χ1n) is 4.67. The Morgan fingerprint density at radius 2 is 2.00 bits per heavy atom. The number of benzene rings is 1. The molecule has 0 aromatic heterocycles. The Labute approximate surface area is 95.6 Å². The molecule has 80 valence electrons. The molecule has 1 aromatic carbocycles. The fourth-order valence-electron chi connectivity index (χ4n) is 0.948. The molecular weight excluding hydrogens is 210 g/mol. The van der Waals surface area contributed by atoms with Crippen molar-refractivity contribution in [3.63, 3.8) is 0 Å². The molecule has 3 heteroatoms. The summed E-state index contributed by atoms with van der Waals surface area (Å²) in [6, 6.07) is 5.00. The molecular formula is C12H14ClNO. The van der Waals surface area contributed by atoms with Gasteiger partial charge in [-0.3, -0.25) is 4.79 Å². The van der Waals surface area contributed by atoms with Gasteiger partial charge in [-0.1, -0.05) is 38.4 Å². The Morgan fingerprint density at radius 1 is 1.40 bits per heavy atom. The van der Waals surface area contributed by atoms with Crippen molar-refractivity contribution in [2.75, 3.05) is 5.32 Å². The average molecular weight is 224 g/mol. The highest BCUT2D eigenvalue weighted by Crippen LogP contribution is 2.25. The number of nitrogens with one attached hydrogen (secondary N) is 1. The molecule has 0 saturated carbocycles. The molecule has 2 nitrogen and oxygen atoms in total. The standard InChI is InChI=1S/C12H14ClNO/c1-8-5-6-9(13)10(7-8)14-11(15)12(2,3)4/h1,5-7H,2-4H3,(H,14,15). The van der Waals surface area contributed by atoms with Crippen LogP contribution in [0.1, 0.15) is 26.3 Å². The van der Waals surface area contributed by atoms with Crippen LogP contribution in [0.4, 0.5) is 5.69 Å². The lowest BCUT2D eigenvalue weighted by Crippen LogP contribution is -2.27. The second-order valence-electron chi connectivity index (χ2n) is 4.44. The number of rotatable bonds is 1. The highest BCUT2D eigenvalue weighted by molar-refractivity contribution is 6.33. The molecule has 0 heterocycles. The lowest BCUT2D eigenvalue weighted by Gasteiger charge is -2.18. The number of anilines is 1. The molecule has 0 aliphatic heterocycles. The van der Waals surface area contributed by atoms with E-state index in [1.807, 2.05) is 20.8 Å². The summed E-state index contributed by atoms with van der Waals surface area (Å²) in [5.74, 6) is -0.0880. The molecule has 0 aliphatic rings. The molecule has 0 fully saturated rings. The van der Waals surface area contributed by atoms with Gasteiger partial charge in [0, 0.05) is 5.41 Å². The van der Waals surface area contributed by atoms with Crippen molar-refractivity contribution in [3.8, 4) is 0 Å². The van der Waals surface area contributed by atoms with Crippen LogP contribution < -0.4 is 5.32 Å². The zero-order valence-corrected chi connectivity index (χ0v) is 9.85. The maximum atomic E-state index is 11.7. The summed E-state index contributed by atoms with van der Waals surface area (Å²) in [4.78, 5) is 11.7. The van der Waals surface area contributed by atoms with Gasteiger partial charge in [0.05, 0.1) is 10.7 Å². The summed E-state index contributed by atoms with van der Waals surface area (Å²) in [6.45, 7) is 11.1. The van der Waals surface area contributed by atoms with Crippen molar-refractivity contribution < 1.29 is 4.79 Å². The van der Waals surface area contributed by atoms with Gasteiger partial charge < -0.3 is 5.32 Å². The monoisotopic (exact) mass is 223 g/mol. The molecule has 0 atom stereocenters. The fourth-order valence-corrected chi connectivity index (χ4v) is 1.11. The Hall–Kier alpha value is -1.02. The lowest BCUT2D eigenvalue weighted by molar-refractivity contribution is -0.123. The van der Waals surface area contributed by atoms with Gasteiger partial charge in [-0.05, 0) is 24.6 Å². The first-order chi connectivity index (χ1) is 6.80. The Bertz CT molecular complexity index is 380. The highest BCUT2D eigenvalue weighted by atomic mass is 35.5. The van der Waals surface area contributed by atoms with E-state index in [0.717, 1.165) is 0 Å². The van der Waals surface area contributed by atoms with Crippen LogP contribution in [0, 0.1) is 12.3 Å². The van der Waals surface area contributed by atoms with E-state index < -0.39 is 5.41 Å². The van der Waals surface area contributed by atoms with Crippen molar-refractivity contribution in [1.82, 2.24) is 0 Å². The minimum atomic E-state index is -0.450. The molecule has 2 radical (unpaired) electrons. The normalized spacial score (nSPS) is 11.3. The smallest absolute Gasteiger partial charge is 0.229 e. The van der Waals surface area contributed by atoms with Crippen LogP contribution >= 0.6 is 11.6 Å². The average Bonchev–Trinajstić information content (AvgIpc) is 2.09. The molecule has 0 bridgehead atoms. The van der Waals surface area contributed by atoms with E-state index >= 15 is 0 Å². The van der Waals surface area contributed by atoms with E-state index in [0.29, 0.717) is 16.3 Å². The van der Waals surface area contributed by atoms with E-state index in [9.17, 15) is 4.79 Å². The van der Waals surface area contributed by atoms with Gasteiger partial charge in [0.1, 0.15) is 0 Å². The zero-order chi connectivity index (χ0) is 11.6. The van der Waals surface area contributed by atoms with Gasteiger partial charge in [0.15, 0.2) is 0 Å². The number of carbonyl (C=O) groups is 1. The Balaban J connectivity index is 2.90. The minimum absolute atomic E-state index is 0.0880. The summed E-state index contributed by atoms with van der Waals surface area (Å²) in [5, 5.41) is 3.23. The highest BCUT2D eigenvalue weighted by Gasteiger charge is 2.21. The van der Waals surface area contributed by atoms with E-state index in [-0.39, 0.29) is 5.91 Å². The first kappa shape index (κ1) is 12.1. The fraction of sp³-hybridized carbons (Fsp3) is 0.333. The van der Waals surface area contributed by atoms with Crippen molar-refractivity contribution in [2.24, 2.45) is 5.41 Å². The molecule has 0 spiro atoms. The van der Waals surface area contributed by atoms with Crippen LogP contribution in [0.25, 0.3) is 0 Å². The van der Waals surface area contributed by atoms with Crippen molar-refractivity contribution in [2.45, 2.75) is 20.8 Å². The molecule has 1 aromatic rings. The largest absolute Gasteiger partial charge is 0.324 e. The topological polar surface area (TPSA) is 29.1 Å². The van der Waals surface area contributed by atoms with E-state index in [2.05, 4.69) is 5.32 Å². The second kappa shape index (κ2) is 4.23. The van der Waals surface area contributed by atoms with E-state index in [4.69, 9.17) is 18.5 Å². The predicted octanol–water partition coefficient (Wildman–Crippen LogP) is 3.38. The van der Waals surface area contributed by atoms with Gasteiger partial charge >= 0.3 is 0 Å². The molecule has 15 heavy (non-hydrogen) atoms. The molecule has 1 rings (SSSR count). The van der Waals surface area contributed by atoms with Gasteiger partial charge in [0.2, 0.25) is 5.91 Å². The summed E-state index contributed by atoms with van der Waals surface area (Å²) in [7, 11) is 0. The summed E-state index contributed by atoms with van der Waals surface area (Å²) in [6.07, 6.45) is 0. The van der Waals surface area contributed by atoms with Gasteiger partial charge in [-0.15, -0.1) is 0 Å². The zero-order valence-electron chi connectivity index (χ0n) is 9.10. The Morgan fingerprint density at radius 3 is 2.53 bits per heavy atom. The van der Waals surface area contributed by atoms with Crippen LogP contribution in [0.3, 0.4) is 0 Å².